The molecular weight excluding hydrogens is 652 g/mol. The van der Waals surface area contributed by atoms with Crippen LogP contribution >= 0.6 is 7.14 Å². The molecule has 1 aromatic heterocycles. The van der Waals surface area contributed by atoms with Gasteiger partial charge in [-0.1, -0.05) is 170 Å². The van der Waals surface area contributed by atoms with Gasteiger partial charge in [-0.25, -0.2) is 0 Å². The van der Waals surface area contributed by atoms with Crippen molar-refractivity contribution in [3.05, 3.63) is 210 Å². The van der Waals surface area contributed by atoms with Crippen LogP contribution in [0.25, 0.3) is 55.3 Å². The van der Waals surface area contributed by atoms with Crippen LogP contribution in [-0.2, 0) is 9.98 Å². The highest BCUT2D eigenvalue weighted by Crippen LogP contribution is 2.63. The molecule has 2 aliphatic carbocycles. The standard InChI is InChI=1S/C49H31O2P/c50-52(33-14-3-1-4-15-33,34-16-5-2-6-17-34)35-28-26-32(27-29-35)36-21-13-25-46-48(36)41-30-40-39-20-9-12-24-44(39)49(45(40)31-47(41)51-46)42-22-10-7-18-37(42)38-19-8-11-23-43(38)49/h1-31H. The SMILES string of the molecule is O=P(c1ccccc1)(c1ccccc1)c1ccc(-c2cccc3oc4cc5c(cc4c23)-c2ccccc2C52c3ccccc3-c3ccccc32)cc1. The van der Waals surface area contributed by atoms with Gasteiger partial charge in [0, 0.05) is 26.7 Å². The average molecular weight is 683 g/mol. The van der Waals surface area contributed by atoms with Gasteiger partial charge in [-0.3, -0.25) is 0 Å². The third kappa shape index (κ3) is 3.82. The van der Waals surface area contributed by atoms with E-state index >= 15 is 4.57 Å². The smallest absolute Gasteiger partial charge is 0.171 e. The number of benzene rings is 8. The molecule has 244 valence electrons. The summed E-state index contributed by atoms with van der Waals surface area (Å²) in [6.07, 6.45) is 0. The van der Waals surface area contributed by atoms with E-state index in [0.717, 1.165) is 49.0 Å². The van der Waals surface area contributed by atoms with E-state index in [9.17, 15) is 0 Å². The highest BCUT2D eigenvalue weighted by Gasteiger charge is 2.51. The van der Waals surface area contributed by atoms with Crippen LogP contribution in [0.2, 0.25) is 0 Å². The fourth-order valence-corrected chi connectivity index (χ4v) is 11.9. The molecule has 1 spiro atoms. The Hall–Kier alpha value is -6.21. The van der Waals surface area contributed by atoms with Crippen molar-refractivity contribution in [2.75, 3.05) is 0 Å². The van der Waals surface area contributed by atoms with Gasteiger partial charge in [0.25, 0.3) is 0 Å². The number of hydrogen-bond donors (Lipinski definition) is 0. The third-order valence-corrected chi connectivity index (χ3v) is 14.5. The van der Waals surface area contributed by atoms with Gasteiger partial charge in [0.05, 0.1) is 5.41 Å². The van der Waals surface area contributed by atoms with E-state index in [1.807, 2.05) is 72.8 Å². The Morgan fingerprint density at radius 3 is 1.44 bits per heavy atom. The van der Waals surface area contributed by atoms with Gasteiger partial charge in [0.1, 0.15) is 11.2 Å². The molecule has 0 fully saturated rings. The largest absolute Gasteiger partial charge is 0.456 e. The second kappa shape index (κ2) is 10.9. The fourth-order valence-electron chi connectivity index (χ4n) is 9.23. The van der Waals surface area contributed by atoms with Crippen LogP contribution in [0.5, 0.6) is 0 Å². The molecule has 11 rings (SSSR count). The highest BCUT2D eigenvalue weighted by molar-refractivity contribution is 7.85. The summed E-state index contributed by atoms with van der Waals surface area (Å²) in [5, 5.41) is 4.66. The van der Waals surface area contributed by atoms with Crippen molar-refractivity contribution in [1.29, 1.82) is 0 Å². The van der Waals surface area contributed by atoms with E-state index in [2.05, 4.69) is 115 Å². The lowest BCUT2D eigenvalue weighted by atomic mass is 9.70. The summed E-state index contributed by atoms with van der Waals surface area (Å²) in [6.45, 7) is 0. The zero-order valence-corrected chi connectivity index (χ0v) is 29.1. The van der Waals surface area contributed by atoms with Crippen molar-refractivity contribution in [2.24, 2.45) is 0 Å². The van der Waals surface area contributed by atoms with Crippen LogP contribution in [0.1, 0.15) is 22.3 Å². The fraction of sp³-hybridized carbons (Fsp3) is 0.0204. The lowest BCUT2D eigenvalue weighted by Gasteiger charge is -2.30. The molecule has 2 nitrogen and oxygen atoms in total. The van der Waals surface area contributed by atoms with Crippen molar-refractivity contribution in [3.8, 4) is 33.4 Å². The maximum atomic E-state index is 15.1. The van der Waals surface area contributed by atoms with E-state index in [-0.39, 0.29) is 0 Å². The van der Waals surface area contributed by atoms with E-state index < -0.39 is 12.6 Å². The highest BCUT2D eigenvalue weighted by atomic mass is 31.2. The van der Waals surface area contributed by atoms with Crippen LogP contribution in [0.4, 0.5) is 0 Å². The van der Waals surface area contributed by atoms with Crippen molar-refractivity contribution < 1.29 is 8.98 Å². The molecule has 0 saturated heterocycles. The van der Waals surface area contributed by atoms with Crippen LogP contribution in [0.3, 0.4) is 0 Å². The average Bonchev–Trinajstić information content (AvgIpc) is 3.84. The van der Waals surface area contributed by atoms with Gasteiger partial charge in [0.15, 0.2) is 7.14 Å². The maximum absolute atomic E-state index is 15.1. The Bertz CT molecular complexity index is 2830. The predicted molar refractivity (Wildman–Crippen MR) is 215 cm³/mol. The molecule has 2 aliphatic rings. The summed E-state index contributed by atoms with van der Waals surface area (Å²) in [6, 6.07) is 65.7. The van der Waals surface area contributed by atoms with Crippen LogP contribution in [0.15, 0.2) is 192 Å². The minimum atomic E-state index is -3.08. The topological polar surface area (TPSA) is 30.2 Å². The van der Waals surface area contributed by atoms with Gasteiger partial charge in [-0.15, -0.1) is 0 Å². The lowest BCUT2D eigenvalue weighted by molar-refractivity contribution is 0.592. The first-order chi connectivity index (χ1) is 25.7. The normalized spacial score (nSPS) is 13.6. The number of furan rings is 1. The van der Waals surface area contributed by atoms with Gasteiger partial charge < -0.3 is 8.98 Å². The Morgan fingerprint density at radius 1 is 0.385 bits per heavy atom. The molecule has 3 heteroatoms. The Morgan fingerprint density at radius 2 is 0.865 bits per heavy atom. The summed E-state index contributed by atoms with van der Waals surface area (Å²) in [7, 11) is -3.08. The minimum Gasteiger partial charge on any atom is -0.456 e. The first-order valence-electron chi connectivity index (χ1n) is 17.8. The summed E-state index contributed by atoms with van der Waals surface area (Å²) < 4.78 is 21.8. The number of fused-ring (bicyclic) bond motifs is 13. The zero-order chi connectivity index (χ0) is 34.4. The van der Waals surface area contributed by atoms with Crippen LogP contribution in [-0.4, -0.2) is 0 Å². The molecule has 0 amide bonds. The number of hydrogen-bond acceptors (Lipinski definition) is 2. The molecule has 0 N–H and O–H groups in total. The van der Waals surface area contributed by atoms with Crippen molar-refractivity contribution >= 4 is 45.0 Å². The maximum Gasteiger partial charge on any atom is 0.171 e. The van der Waals surface area contributed by atoms with Gasteiger partial charge in [0.2, 0.25) is 0 Å². The van der Waals surface area contributed by atoms with Crippen LogP contribution < -0.4 is 15.9 Å². The Kier molecular flexibility index (Phi) is 6.18. The molecular formula is C49H31O2P. The van der Waals surface area contributed by atoms with Crippen molar-refractivity contribution in [3.63, 3.8) is 0 Å². The molecule has 9 aromatic rings. The Balaban J connectivity index is 1.11. The molecule has 8 aromatic carbocycles. The number of rotatable bonds is 4. The molecule has 0 saturated carbocycles. The molecule has 0 radical (unpaired) electrons. The molecule has 0 atom stereocenters. The quantitative estimate of drug-likeness (QED) is 0.173. The summed E-state index contributed by atoms with van der Waals surface area (Å²) >= 11 is 0. The van der Waals surface area contributed by atoms with Gasteiger partial charge in [-0.05, 0) is 73.8 Å². The lowest BCUT2D eigenvalue weighted by Crippen LogP contribution is -2.25. The second-order valence-electron chi connectivity index (χ2n) is 13.9. The third-order valence-electron chi connectivity index (χ3n) is 11.4. The summed E-state index contributed by atoms with van der Waals surface area (Å²) in [4.78, 5) is 0. The van der Waals surface area contributed by atoms with Crippen molar-refractivity contribution in [2.45, 2.75) is 5.41 Å². The molecule has 1 heterocycles. The molecule has 0 bridgehead atoms. The van der Waals surface area contributed by atoms with E-state index in [4.69, 9.17) is 4.42 Å². The molecule has 0 aliphatic heterocycles. The predicted octanol–water partition coefficient (Wildman–Crippen LogP) is 11.2. The van der Waals surface area contributed by atoms with Gasteiger partial charge in [-0.2, -0.15) is 0 Å². The summed E-state index contributed by atoms with van der Waals surface area (Å²) in [5.74, 6) is 0. The minimum absolute atomic E-state index is 0.420. The zero-order valence-electron chi connectivity index (χ0n) is 28.2. The first kappa shape index (κ1) is 29.5. The van der Waals surface area contributed by atoms with Gasteiger partial charge >= 0.3 is 0 Å². The van der Waals surface area contributed by atoms with Crippen LogP contribution in [0, 0.1) is 0 Å². The monoisotopic (exact) mass is 682 g/mol. The first-order valence-corrected chi connectivity index (χ1v) is 19.5. The Labute approximate surface area is 302 Å². The molecule has 52 heavy (non-hydrogen) atoms. The summed E-state index contributed by atoms with van der Waals surface area (Å²) in [5.41, 5.74) is 13.8. The van der Waals surface area contributed by atoms with E-state index in [1.165, 1.54) is 44.5 Å². The van der Waals surface area contributed by atoms with E-state index in [0.29, 0.717) is 0 Å². The second-order valence-corrected chi connectivity index (χ2v) is 16.7. The van der Waals surface area contributed by atoms with E-state index in [1.54, 1.807) is 0 Å². The molecule has 0 unspecified atom stereocenters. The van der Waals surface area contributed by atoms with Crippen molar-refractivity contribution in [1.82, 2.24) is 0 Å².